The minimum atomic E-state index is -0.149. The lowest BCUT2D eigenvalue weighted by molar-refractivity contribution is 0.0766. The summed E-state index contributed by atoms with van der Waals surface area (Å²) >= 11 is 0. The smallest absolute Gasteiger partial charge is 0.258 e. The van der Waals surface area contributed by atoms with Crippen LogP contribution < -0.4 is 4.74 Å². The first-order chi connectivity index (χ1) is 9.55. The summed E-state index contributed by atoms with van der Waals surface area (Å²) in [6.45, 7) is 8.99. The zero-order valence-electron chi connectivity index (χ0n) is 12.9. The van der Waals surface area contributed by atoms with E-state index in [2.05, 4.69) is 0 Å². The summed E-state index contributed by atoms with van der Waals surface area (Å²) in [6, 6.07) is 1.77. The highest BCUT2D eigenvalue weighted by Crippen LogP contribution is 2.31. The van der Waals surface area contributed by atoms with Crippen LogP contribution in [0, 0.1) is 6.92 Å². The van der Waals surface area contributed by atoms with Gasteiger partial charge >= 0.3 is 0 Å². The normalized spacial score (nSPS) is 10.2. The third-order valence-corrected chi connectivity index (χ3v) is 3.59. The molecule has 0 bridgehead atoms. The molecule has 20 heavy (non-hydrogen) atoms. The van der Waals surface area contributed by atoms with Crippen molar-refractivity contribution in [3.8, 4) is 5.75 Å². The Hall–Kier alpha value is -1.84. The maximum absolute atomic E-state index is 12.6. The van der Waals surface area contributed by atoms with Crippen molar-refractivity contribution in [2.75, 3.05) is 20.2 Å². The Morgan fingerprint density at radius 1 is 1.30 bits per heavy atom. The summed E-state index contributed by atoms with van der Waals surface area (Å²) in [7, 11) is 1.54. The number of hydrogen-bond donors (Lipinski definition) is 0. The molecule has 0 fully saturated rings. The first-order valence-electron chi connectivity index (χ1n) is 7.00. The number of rotatable bonds is 6. The van der Waals surface area contributed by atoms with E-state index in [0.717, 1.165) is 23.8 Å². The van der Waals surface area contributed by atoms with Crippen molar-refractivity contribution < 1.29 is 14.3 Å². The molecule has 0 saturated heterocycles. The molecular weight excluding hydrogens is 254 g/mol. The Kier molecular flexibility index (Phi) is 5.74. The van der Waals surface area contributed by atoms with Crippen LogP contribution in [0.15, 0.2) is 6.07 Å². The predicted octanol–water partition coefficient (Wildman–Crippen LogP) is 2.86. The van der Waals surface area contributed by atoms with Gasteiger partial charge in [-0.15, -0.1) is 0 Å². The van der Waals surface area contributed by atoms with E-state index in [9.17, 15) is 9.59 Å². The topological polar surface area (TPSA) is 46.6 Å². The monoisotopic (exact) mass is 277 g/mol. The number of nitrogens with zero attached hydrogens (tertiary/aromatic N) is 1. The fourth-order valence-electron chi connectivity index (χ4n) is 2.50. The van der Waals surface area contributed by atoms with Crippen molar-refractivity contribution in [1.29, 1.82) is 0 Å². The quantitative estimate of drug-likeness (QED) is 0.751. The zero-order chi connectivity index (χ0) is 15.3. The van der Waals surface area contributed by atoms with E-state index in [1.165, 1.54) is 0 Å². The summed E-state index contributed by atoms with van der Waals surface area (Å²) in [5.41, 5.74) is 2.73. The molecule has 0 aliphatic carbocycles. The Morgan fingerprint density at radius 3 is 2.30 bits per heavy atom. The molecule has 1 aromatic rings. The van der Waals surface area contributed by atoms with Gasteiger partial charge in [0.25, 0.3) is 5.91 Å². The molecule has 1 aromatic carbocycles. The molecule has 0 unspecified atom stereocenters. The fourth-order valence-corrected chi connectivity index (χ4v) is 2.50. The largest absolute Gasteiger partial charge is 0.496 e. The minimum absolute atomic E-state index is 0.149. The molecule has 0 radical (unpaired) electrons. The van der Waals surface area contributed by atoms with Gasteiger partial charge in [-0.05, 0) is 44.4 Å². The number of carbonyl (C=O) groups is 2. The van der Waals surface area contributed by atoms with Gasteiger partial charge in [0.15, 0.2) is 6.29 Å². The van der Waals surface area contributed by atoms with Gasteiger partial charge in [0.2, 0.25) is 0 Å². The number of aryl methyl sites for hydroxylation is 1. The molecule has 0 N–H and O–H groups in total. The fraction of sp³-hybridized carbons (Fsp3) is 0.500. The predicted molar refractivity (Wildman–Crippen MR) is 79.7 cm³/mol. The van der Waals surface area contributed by atoms with E-state index in [1.54, 1.807) is 18.1 Å². The Morgan fingerprint density at radius 2 is 1.90 bits per heavy atom. The van der Waals surface area contributed by atoms with Crippen LogP contribution in [0.3, 0.4) is 0 Å². The molecule has 4 nitrogen and oxygen atoms in total. The summed E-state index contributed by atoms with van der Waals surface area (Å²) in [6.07, 6.45) is 1.48. The van der Waals surface area contributed by atoms with Gasteiger partial charge in [0, 0.05) is 18.7 Å². The van der Waals surface area contributed by atoms with Crippen molar-refractivity contribution in [2.45, 2.75) is 34.1 Å². The SMILES string of the molecule is CCc1c(C)cc(C=O)c(C(=O)N(CC)CC)c1OC. The zero-order valence-corrected chi connectivity index (χ0v) is 12.9. The van der Waals surface area contributed by atoms with Gasteiger partial charge in [-0.2, -0.15) is 0 Å². The first-order valence-corrected chi connectivity index (χ1v) is 7.00. The van der Waals surface area contributed by atoms with Gasteiger partial charge in [-0.3, -0.25) is 9.59 Å². The second-order valence-corrected chi connectivity index (χ2v) is 4.62. The van der Waals surface area contributed by atoms with Crippen LogP contribution in [0.5, 0.6) is 5.75 Å². The number of methoxy groups -OCH3 is 1. The van der Waals surface area contributed by atoms with E-state index >= 15 is 0 Å². The summed E-state index contributed by atoms with van der Waals surface area (Å²) < 4.78 is 5.44. The van der Waals surface area contributed by atoms with Crippen LogP contribution in [0.1, 0.15) is 52.6 Å². The summed E-state index contributed by atoms with van der Waals surface area (Å²) in [5, 5.41) is 0. The Labute approximate surface area is 120 Å². The van der Waals surface area contributed by atoms with Crippen molar-refractivity contribution >= 4 is 12.2 Å². The second-order valence-electron chi connectivity index (χ2n) is 4.62. The summed E-state index contributed by atoms with van der Waals surface area (Å²) in [5.74, 6) is 0.384. The Balaban J connectivity index is 3.57. The van der Waals surface area contributed by atoms with Crippen molar-refractivity contribution in [2.24, 2.45) is 0 Å². The number of benzene rings is 1. The average Bonchev–Trinajstić information content (AvgIpc) is 2.46. The van der Waals surface area contributed by atoms with E-state index < -0.39 is 0 Å². The molecule has 4 heteroatoms. The van der Waals surface area contributed by atoms with E-state index in [-0.39, 0.29) is 5.91 Å². The van der Waals surface area contributed by atoms with E-state index in [4.69, 9.17) is 4.74 Å². The highest BCUT2D eigenvalue weighted by Gasteiger charge is 2.24. The van der Waals surface area contributed by atoms with Gasteiger partial charge in [0.05, 0.1) is 12.7 Å². The van der Waals surface area contributed by atoms with E-state index in [1.807, 2.05) is 27.7 Å². The molecule has 0 aliphatic heterocycles. The number of carbonyl (C=O) groups excluding carboxylic acids is 2. The number of hydrogen-bond acceptors (Lipinski definition) is 3. The number of amides is 1. The van der Waals surface area contributed by atoms with Crippen molar-refractivity contribution in [3.63, 3.8) is 0 Å². The van der Waals surface area contributed by atoms with Crippen LogP contribution in [-0.2, 0) is 6.42 Å². The lowest BCUT2D eigenvalue weighted by Crippen LogP contribution is -2.32. The maximum atomic E-state index is 12.6. The summed E-state index contributed by atoms with van der Waals surface area (Å²) in [4.78, 5) is 25.7. The van der Waals surface area contributed by atoms with Crippen LogP contribution in [0.2, 0.25) is 0 Å². The second kappa shape index (κ2) is 7.08. The van der Waals surface area contributed by atoms with Gasteiger partial charge in [0.1, 0.15) is 5.75 Å². The molecule has 0 atom stereocenters. The van der Waals surface area contributed by atoms with Crippen LogP contribution in [0.25, 0.3) is 0 Å². The minimum Gasteiger partial charge on any atom is -0.496 e. The molecule has 1 amide bonds. The highest BCUT2D eigenvalue weighted by atomic mass is 16.5. The van der Waals surface area contributed by atoms with Crippen molar-refractivity contribution in [1.82, 2.24) is 4.90 Å². The number of ether oxygens (including phenoxy) is 1. The van der Waals surface area contributed by atoms with Crippen LogP contribution in [-0.4, -0.2) is 37.3 Å². The molecule has 1 rings (SSSR count). The molecule has 0 heterocycles. The van der Waals surface area contributed by atoms with Crippen LogP contribution >= 0.6 is 0 Å². The molecule has 0 saturated carbocycles. The maximum Gasteiger partial charge on any atom is 0.258 e. The van der Waals surface area contributed by atoms with Crippen molar-refractivity contribution in [3.05, 3.63) is 28.3 Å². The third-order valence-electron chi connectivity index (χ3n) is 3.59. The Bertz CT molecular complexity index is 505. The molecule has 0 aromatic heterocycles. The molecule has 110 valence electrons. The number of aldehydes is 1. The molecular formula is C16H23NO3. The van der Waals surface area contributed by atoms with Gasteiger partial charge in [-0.25, -0.2) is 0 Å². The molecule has 0 spiro atoms. The lowest BCUT2D eigenvalue weighted by atomic mass is 9.95. The average molecular weight is 277 g/mol. The third kappa shape index (κ3) is 2.84. The highest BCUT2D eigenvalue weighted by molar-refractivity contribution is 6.04. The molecule has 0 aliphatic rings. The standard InChI is InChI=1S/C16H23NO3/c1-6-13-11(4)9-12(10-18)14(15(13)20-5)16(19)17(7-2)8-3/h9-10H,6-8H2,1-5H3. The van der Waals surface area contributed by atoms with E-state index in [0.29, 0.717) is 30.0 Å². The lowest BCUT2D eigenvalue weighted by Gasteiger charge is -2.23. The van der Waals surface area contributed by atoms with Gasteiger partial charge in [-0.1, -0.05) is 6.92 Å². The van der Waals surface area contributed by atoms with Crippen LogP contribution in [0.4, 0.5) is 0 Å². The van der Waals surface area contributed by atoms with Gasteiger partial charge < -0.3 is 9.64 Å². The first kappa shape index (κ1) is 16.2.